The van der Waals surface area contributed by atoms with E-state index in [1.807, 2.05) is 0 Å². The van der Waals surface area contributed by atoms with Gasteiger partial charge >= 0.3 is 6.36 Å². The summed E-state index contributed by atoms with van der Waals surface area (Å²) in [6, 6.07) is 6.64. The average molecular weight is 407 g/mol. The van der Waals surface area contributed by atoms with Crippen LogP contribution in [-0.2, 0) is 0 Å². The number of ether oxygens (including phenoxy) is 1. The molecule has 2 aromatic heterocycles. The number of hydrogen-bond donors (Lipinski definition) is 1. The Bertz CT molecular complexity index is 1020. The van der Waals surface area contributed by atoms with Gasteiger partial charge in [0.05, 0.1) is 6.20 Å². The van der Waals surface area contributed by atoms with Crippen LogP contribution in [0.5, 0.6) is 5.75 Å². The Balaban J connectivity index is 1.43. The highest BCUT2D eigenvalue weighted by Crippen LogP contribution is 2.34. The lowest BCUT2D eigenvalue weighted by Gasteiger charge is -2.32. The Kier molecular flexibility index (Phi) is 4.89. The number of amides is 1. The Hall–Kier alpha value is -3.10. The number of alkyl halides is 3. The van der Waals surface area contributed by atoms with E-state index < -0.39 is 6.36 Å². The van der Waals surface area contributed by atoms with Gasteiger partial charge in [0.15, 0.2) is 0 Å². The highest BCUT2D eigenvalue weighted by atomic mass is 19.4. The minimum Gasteiger partial charge on any atom is -0.406 e. The van der Waals surface area contributed by atoms with Crippen molar-refractivity contribution in [1.29, 1.82) is 0 Å². The third kappa shape index (κ3) is 4.03. The number of fused-ring (bicyclic) bond motifs is 1. The first-order chi connectivity index (χ1) is 13.8. The fraction of sp³-hybridized carbons (Fsp3) is 0.300. The van der Waals surface area contributed by atoms with Crippen molar-refractivity contribution in [2.24, 2.45) is 0 Å². The molecule has 3 heterocycles. The molecule has 0 bridgehead atoms. The second kappa shape index (κ2) is 7.38. The standard InChI is InChI=1S/C20H17F4N3O2/c21-16-11-26-18-15(5-8-25-18)17(16)12-6-9-27(10-7-12)19(28)13-1-3-14(4-2-13)29-20(22,23)24/h1-5,8,11-12H,6-7,9-10H2,(H,25,26). The molecule has 1 aliphatic rings. The zero-order valence-electron chi connectivity index (χ0n) is 15.2. The van der Waals surface area contributed by atoms with Crippen molar-refractivity contribution in [3.8, 4) is 5.75 Å². The van der Waals surface area contributed by atoms with Crippen LogP contribution < -0.4 is 4.74 Å². The average Bonchev–Trinajstić information content (AvgIpc) is 3.16. The third-order valence-corrected chi connectivity index (χ3v) is 5.10. The molecule has 0 atom stereocenters. The minimum atomic E-state index is -4.78. The Morgan fingerprint density at radius 1 is 1.14 bits per heavy atom. The summed E-state index contributed by atoms with van der Waals surface area (Å²) in [6.07, 6.45) is -0.688. The number of hydrogen-bond acceptors (Lipinski definition) is 3. The predicted octanol–water partition coefficient (Wildman–Crippen LogP) is 4.62. The predicted molar refractivity (Wildman–Crippen MR) is 97.1 cm³/mol. The molecular weight excluding hydrogens is 390 g/mol. The van der Waals surface area contributed by atoms with Crippen LogP contribution in [0.4, 0.5) is 17.6 Å². The molecule has 0 aliphatic carbocycles. The van der Waals surface area contributed by atoms with Crippen molar-refractivity contribution in [2.45, 2.75) is 25.1 Å². The topological polar surface area (TPSA) is 58.2 Å². The second-order valence-electron chi connectivity index (χ2n) is 6.90. The number of nitrogens with zero attached hydrogens (tertiary/aromatic N) is 2. The molecule has 9 heteroatoms. The summed E-state index contributed by atoms with van der Waals surface area (Å²) in [5.74, 6) is -1.05. The van der Waals surface area contributed by atoms with Crippen LogP contribution in [0, 0.1) is 5.82 Å². The second-order valence-corrected chi connectivity index (χ2v) is 6.90. The third-order valence-electron chi connectivity index (χ3n) is 5.10. The number of nitrogens with one attached hydrogen (secondary N) is 1. The van der Waals surface area contributed by atoms with Gasteiger partial charge < -0.3 is 14.6 Å². The first-order valence-corrected chi connectivity index (χ1v) is 9.08. The maximum atomic E-state index is 14.4. The maximum absolute atomic E-state index is 14.4. The molecule has 1 aliphatic heterocycles. The van der Waals surface area contributed by atoms with Crippen molar-refractivity contribution in [1.82, 2.24) is 14.9 Å². The molecule has 1 N–H and O–H groups in total. The summed E-state index contributed by atoms with van der Waals surface area (Å²) in [6.45, 7) is 0.857. The zero-order chi connectivity index (χ0) is 20.6. The maximum Gasteiger partial charge on any atom is 0.573 e. The molecule has 3 aromatic rings. The molecule has 0 unspecified atom stereocenters. The quantitative estimate of drug-likeness (QED) is 0.645. The molecule has 4 rings (SSSR count). The highest BCUT2D eigenvalue weighted by molar-refractivity contribution is 5.94. The SMILES string of the molecule is O=C(c1ccc(OC(F)(F)F)cc1)N1CCC(c2c(F)cnc3[nH]ccc23)CC1. The van der Waals surface area contributed by atoms with Crippen LogP contribution in [0.2, 0.25) is 0 Å². The lowest BCUT2D eigenvalue weighted by molar-refractivity contribution is -0.274. The van der Waals surface area contributed by atoms with E-state index in [2.05, 4.69) is 14.7 Å². The molecule has 1 fully saturated rings. The van der Waals surface area contributed by atoms with E-state index in [0.717, 1.165) is 17.5 Å². The molecule has 29 heavy (non-hydrogen) atoms. The van der Waals surface area contributed by atoms with Crippen LogP contribution in [0.25, 0.3) is 11.0 Å². The van der Waals surface area contributed by atoms with Gasteiger partial charge in [0.1, 0.15) is 17.2 Å². The number of rotatable bonds is 3. The number of aromatic amines is 1. The number of pyridine rings is 1. The lowest BCUT2D eigenvalue weighted by atomic mass is 9.87. The normalized spacial score (nSPS) is 15.7. The van der Waals surface area contributed by atoms with Crippen LogP contribution >= 0.6 is 0 Å². The largest absolute Gasteiger partial charge is 0.573 e. The van der Waals surface area contributed by atoms with Crippen LogP contribution in [0.3, 0.4) is 0 Å². The van der Waals surface area contributed by atoms with E-state index in [-0.39, 0.29) is 29.0 Å². The fourth-order valence-electron chi connectivity index (χ4n) is 3.77. The van der Waals surface area contributed by atoms with Crippen LogP contribution in [0.15, 0.2) is 42.7 Å². The number of H-pyrrole nitrogens is 1. The lowest BCUT2D eigenvalue weighted by Crippen LogP contribution is -2.38. The van der Waals surface area contributed by atoms with Gasteiger partial charge in [0.2, 0.25) is 0 Å². The monoisotopic (exact) mass is 407 g/mol. The molecule has 0 saturated carbocycles. The summed E-state index contributed by atoms with van der Waals surface area (Å²) in [5.41, 5.74) is 1.51. The number of likely N-dealkylation sites (tertiary alicyclic amines) is 1. The smallest absolute Gasteiger partial charge is 0.406 e. The molecule has 1 aromatic carbocycles. The molecule has 1 saturated heterocycles. The van der Waals surface area contributed by atoms with Crippen LogP contribution in [0.1, 0.15) is 34.7 Å². The summed E-state index contributed by atoms with van der Waals surface area (Å²) < 4.78 is 55.0. The molecule has 0 spiro atoms. The minimum absolute atomic E-state index is 0.0390. The first-order valence-electron chi connectivity index (χ1n) is 9.08. The molecule has 0 radical (unpaired) electrons. The van der Waals surface area contributed by atoms with Gasteiger partial charge in [-0.3, -0.25) is 4.79 Å². The van der Waals surface area contributed by atoms with E-state index in [1.54, 1.807) is 17.2 Å². The van der Waals surface area contributed by atoms with Gasteiger partial charge in [-0.2, -0.15) is 0 Å². The van der Waals surface area contributed by atoms with Gasteiger partial charge in [0, 0.05) is 35.8 Å². The highest BCUT2D eigenvalue weighted by Gasteiger charge is 2.31. The van der Waals surface area contributed by atoms with E-state index in [1.165, 1.54) is 18.3 Å². The van der Waals surface area contributed by atoms with Crippen molar-refractivity contribution >= 4 is 16.9 Å². The summed E-state index contributed by atoms with van der Waals surface area (Å²) in [4.78, 5) is 21.3. The van der Waals surface area contributed by atoms with Crippen molar-refractivity contribution < 1.29 is 27.1 Å². The number of benzene rings is 1. The number of carbonyl (C=O) groups excluding carboxylic acids is 1. The number of aromatic nitrogens is 2. The Labute approximate surface area is 163 Å². The molecular formula is C20H17F4N3O2. The Morgan fingerprint density at radius 3 is 2.48 bits per heavy atom. The summed E-state index contributed by atoms with van der Waals surface area (Å²) in [5, 5.41) is 0.745. The Morgan fingerprint density at radius 2 is 1.83 bits per heavy atom. The zero-order valence-corrected chi connectivity index (χ0v) is 15.2. The fourth-order valence-corrected chi connectivity index (χ4v) is 3.77. The van der Waals surface area contributed by atoms with E-state index in [0.29, 0.717) is 37.1 Å². The van der Waals surface area contributed by atoms with Gasteiger partial charge in [-0.1, -0.05) is 0 Å². The van der Waals surface area contributed by atoms with Crippen molar-refractivity contribution in [2.75, 3.05) is 13.1 Å². The van der Waals surface area contributed by atoms with Gasteiger partial charge in [0.25, 0.3) is 5.91 Å². The molecule has 5 nitrogen and oxygen atoms in total. The molecule has 1 amide bonds. The van der Waals surface area contributed by atoms with Gasteiger partial charge in [-0.25, -0.2) is 9.37 Å². The van der Waals surface area contributed by atoms with Gasteiger partial charge in [-0.15, -0.1) is 13.2 Å². The first kappa shape index (κ1) is 19.2. The van der Waals surface area contributed by atoms with E-state index >= 15 is 0 Å². The summed E-state index contributed by atoms with van der Waals surface area (Å²) in [7, 11) is 0. The van der Waals surface area contributed by atoms with E-state index in [9.17, 15) is 22.4 Å². The van der Waals surface area contributed by atoms with Crippen molar-refractivity contribution in [3.63, 3.8) is 0 Å². The van der Waals surface area contributed by atoms with Gasteiger partial charge in [-0.05, 0) is 49.1 Å². The number of piperidine rings is 1. The number of carbonyl (C=O) groups is 1. The van der Waals surface area contributed by atoms with Crippen LogP contribution in [-0.4, -0.2) is 40.2 Å². The van der Waals surface area contributed by atoms with Crippen molar-refractivity contribution in [3.05, 3.63) is 59.7 Å². The number of halogens is 4. The summed E-state index contributed by atoms with van der Waals surface area (Å²) >= 11 is 0. The molecule has 152 valence electrons. The van der Waals surface area contributed by atoms with E-state index in [4.69, 9.17) is 0 Å².